The van der Waals surface area contributed by atoms with Crippen LogP contribution in [0.15, 0.2) is 41.9 Å². The molecule has 0 unspecified atom stereocenters. The van der Waals surface area contributed by atoms with Crippen LogP contribution in [0.2, 0.25) is 0 Å². The highest BCUT2D eigenvalue weighted by atomic mass is 32.1. The van der Waals surface area contributed by atoms with Gasteiger partial charge in [0.15, 0.2) is 22.4 Å². The first-order valence-corrected chi connectivity index (χ1v) is 11.7. The number of Topliss-reactive ketones (excluding diaryl/α,β-unsaturated/α-hetero) is 1. The number of aryl methyl sites for hydroxylation is 1. The molecule has 0 aliphatic heterocycles. The van der Waals surface area contributed by atoms with Crippen LogP contribution in [-0.2, 0) is 16.6 Å². The molecule has 9 heteroatoms. The maximum Gasteiger partial charge on any atom is 0.227 e. The van der Waals surface area contributed by atoms with E-state index in [4.69, 9.17) is 14.6 Å². The van der Waals surface area contributed by atoms with Crippen LogP contribution in [0.5, 0.6) is 17.2 Å². The molecule has 1 aromatic heterocycles. The molecular weight excluding hydrogens is 459 g/mol. The van der Waals surface area contributed by atoms with E-state index >= 15 is 0 Å². The average molecular weight is 485 g/mol. The Kier molecular flexibility index (Phi) is 6.95. The number of carbonyl (C=O) groups excluding carboxylic acids is 2. The molecule has 1 amide bonds. The monoisotopic (exact) mass is 484 g/mol. The van der Waals surface area contributed by atoms with Crippen molar-refractivity contribution in [1.82, 2.24) is 4.98 Å². The van der Waals surface area contributed by atoms with Crippen LogP contribution in [0.3, 0.4) is 0 Å². The van der Waals surface area contributed by atoms with Crippen molar-refractivity contribution in [2.45, 2.75) is 38.0 Å². The molecule has 0 bridgehead atoms. The van der Waals surface area contributed by atoms with Crippen LogP contribution in [0, 0.1) is 5.82 Å². The van der Waals surface area contributed by atoms with Gasteiger partial charge in [0.05, 0.1) is 12.7 Å². The number of amides is 1. The van der Waals surface area contributed by atoms with E-state index in [-0.39, 0.29) is 23.6 Å². The molecule has 2 N–H and O–H groups in total. The van der Waals surface area contributed by atoms with E-state index in [1.54, 1.807) is 11.6 Å². The van der Waals surface area contributed by atoms with Gasteiger partial charge in [0.25, 0.3) is 0 Å². The predicted octanol–water partition coefficient (Wildman–Crippen LogP) is 4.88. The largest absolute Gasteiger partial charge is 0.493 e. The normalized spacial score (nSPS) is 17.1. The van der Waals surface area contributed by atoms with Crippen LogP contribution in [0.1, 0.15) is 47.7 Å². The molecule has 1 atom stereocenters. The van der Waals surface area contributed by atoms with Gasteiger partial charge in [-0.2, -0.15) is 0 Å². The summed E-state index contributed by atoms with van der Waals surface area (Å²) in [6, 6.07) is 7.60. The molecule has 0 radical (unpaired) electrons. The number of anilines is 1. The molecule has 0 spiro atoms. The van der Waals surface area contributed by atoms with Crippen molar-refractivity contribution in [2.24, 2.45) is 0 Å². The van der Waals surface area contributed by atoms with Crippen LogP contribution < -0.4 is 14.8 Å². The molecule has 3 aromatic rings. The van der Waals surface area contributed by atoms with Crippen LogP contribution >= 0.6 is 11.3 Å². The topological polar surface area (TPSA) is 97.8 Å². The summed E-state index contributed by atoms with van der Waals surface area (Å²) in [5, 5.41) is 14.2. The van der Waals surface area contributed by atoms with E-state index in [2.05, 4.69) is 17.2 Å². The first kappa shape index (κ1) is 23.8. The Morgan fingerprint density at radius 2 is 2.09 bits per heavy atom. The lowest BCUT2D eigenvalue weighted by atomic mass is 9.69. The number of hydrogen-bond donors (Lipinski definition) is 2. The molecule has 0 saturated carbocycles. The number of halogens is 1. The summed E-state index contributed by atoms with van der Waals surface area (Å²) in [6.45, 7) is 1.28. The van der Waals surface area contributed by atoms with Crippen LogP contribution in [0.25, 0.3) is 0 Å². The third-order valence-electron chi connectivity index (χ3n) is 6.06. The Balaban J connectivity index is 1.63. The number of nitrogens with zero attached hydrogens (tertiary/aromatic N) is 1. The number of ketones is 1. The fourth-order valence-corrected chi connectivity index (χ4v) is 4.94. The standard InChI is InChI=1S/C25H25FN2O5S/c1-25(13-23(31)28-24-27-8-9-34-24)7-3-4-15-10-21(32-2)22(12-18(15)25)33-16-5-6-17(19(26)11-16)20(30)14-29/h5-6,8-12,29H,3-4,7,13-14H2,1-2H3,(H,27,28,31)/t25-/m1/s1. The minimum Gasteiger partial charge on any atom is -0.493 e. The lowest BCUT2D eigenvalue weighted by Gasteiger charge is -2.36. The fraction of sp³-hybridized carbons (Fsp3) is 0.320. The molecule has 7 nitrogen and oxygen atoms in total. The molecule has 0 saturated heterocycles. The van der Waals surface area contributed by atoms with Crippen molar-refractivity contribution in [3.63, 3.8) is 0 Å². The highest BCUT2D eigenvalue weighted by Crippen LogP contribution is 2.45. The third kappa shape index (κ3) is 4.95. The van der Waals surface area contributed by atoms with Gasteiger partial charge in [-0.3, -0.25) is 9.59 Å². The highest BCUT2D eigenvalue weighted by Gasteiger charge is 2.35. The number of hydrogen-bond acceptors (Lipinski definition) is 7. The zero-order valence-corrected chi connectivity index (χ0v) is 19.7. The SMILES string of the molecule is COc1cc2c(cc1Oc1ccc(C(=O)CO)c(F)c1)[C@@](C)(CC(=O)Nc1nccs1)CCC2. The van der Waals surface area contributed by atoms with Gasteiger partial charge in [-0.15, -0.1) is 11.3 Å². The highest BCUT2D eigenvalue weighted by molar-refractivity contribution is 7.13. The number of benzene rings is 2. The quantitative estimate of drug-likeness (QED) is 0.442. The summed E-state index contributed by atoms with van der Waals surface area (Å²) in [4.78, 5) is 28.5. The lowest BCUT2D eigenvalue weighted by Crippen LogP contribution is -2.32. The second kappa shape index (κ2) is 9.90. The number of methoxy groups -OCH3 is 1. The number of rotatable bonds is 8. The zero-order valence-electron chi connectivity index (χ0n) is 18.9. The minimum absolute atomic E-state index is 0.116. The molecular formula is C25H25FN2O5S. The Morgan fingerprint density at radius 3 is 2.76 bits per heavy atom. The van der Waals surface area contributed by atoms with Crippen molar-refractivity contribution in [3.05, 3.63) is 64.4 Å². The Hall–Kier alpha value is -3.30. The van der Waals surface area contributed by atoms with E-state index in [9.17, 15) is 14.0 Å². The minimum atomic E-state index is -0.780. The second-order valence-corrected chi connectivity index (χ2v) is 9.36. The molecule has 34 heavy (non-hydrogen) atoms. The first-order valence-electron chi connectivity index (χ1n) is 10.8. The lowest BCUT2D eigenvalue weighted by molar-refractivity contribution is -0.117. The molecule has 1 aliphatic carbocycles. The van der Waals surface area contributed by atoms with Gasteiger partial charge >= 0.3 is 0 Å². The molecule has 1 heterocycles. The summed E-state index contributed by atoms with van der Waals surface area (Å²) in [7, 11) is 1.53. The van der Waals surface area contributed by atoms with E-state index < -0.39 is 23.6 Å². The number of nitrogens with one attached hydrogen (secondary N) is 1. The van der Waals surface area contributed by atoms with Crippen LogP contribution in [-0.4, -0.2) is 35.5 Å². The van der Waals surface area contributed by atoms with Gasteiger partial charge in [-0.1, -0.05) is 6.92 Å². The zero-order chi connectivity index (χ0) is 24.3. The summed E-state index contributed by atoms with van der Waals surface area (Å²) < 4.78 is 25.8. The third-order valence-corrected chi connectivity index (χ3v) is 6.74. The molecule has 178 valence electrons. The van der Waals surface area contributed by atoms with Gasteiger partial charge in [0.1, 0.15) is 18.2 Å². The number of fused-ring (bicyclic) bond motifs is 1. The summed E-state index contributed by atoms with van der Waals surface area (Å²) in [6.07, 6.45) is 4.52. The summed E-state index contributed by atoms with van der Waals surface area (Å²) in [5.41, 5.74) is 1.43. The Bertz CT molecular complexity index is 1210. The second-order valence-electron chi connectivity index (χ2n) is 8.46. The van der Waals surface area contributed by atoms with Gasteiger partial charge < -0.3 is 19.9 Å². The van der Waals surface area contributed by atoms with Crippen molar-refractivity contribution < 1.29 is 28.6 Å². The van der Waals surface area contributed by atoms with Gasteiger partial charge in [-0.05, 0) is 54.7 Å². The maximum atomic E-state index is 14.4. The Morgan fingerprint density at radius 1 is 1.26 bits per heavy atom. The summed E-state index contributed by atoms with van der Waals surface area (Å²) in [5.74, 6) is -0.542. The maximum absolute atomic E-state index is 14.4. The fourth-order valence-electron chi connectivity index (χ4n) is 4.40. The molecule has 2 aromatic carbocycles. The van der Waals surface area contributed by atoms with Gasteiger partial charge in [-0.25, -0.2) is 9.37 Å². The van der Waals surface area contributed by atoms with Crippen molar-refractivity contribution in [2.75, 3.05) is 19.0 Å². The van der Waals surface area contributed by atoms with E-state index in [1.807, 2.05) is 12.1 Å². The number of carbonyl (C=O) groups is 2. The van der Waals surface area contributed by atoms with Crippen molar-refractivity contribution >= 4 is 28.2 Å². The number of aliphatic hydroxyl groups is 1. The summed E-state index contributed by atoms with van der Waals surface area (Å²) >= 11 is 1.37. The first-order chi connectivity index (χ1) is 16.3. The average Bonchev–Trinajstić information content (AvgIpc) is 3.31. The van der Waals surface area contributed by atoms with E-state index in [0.717, 1.165) is 36.5 Å². The van der Waals surface area contributed by atoms with Crippen LogP contribution in [0.4, 0.5) is 9.52 Å². The molecule has 1 aliphatic rings. The molecule has 4 rings (SSSR count). The smallest absolute Gasteiger partial charge is 0.227 e. The van der Waals surface area contributed by atoms with Crippen molar-refractivity contribution in [1.29, 1.82) is 0 Å². The van der Waals surface area contributed by atoms with E-state index in [1.165, 1.54) is 30.6 Å². The number of ether oxygens (including phenoxy) is 2. The number of thiazole rings is 1. The van der Waals surface area contributed by atoms with Gasteiger partial charge in [0.2, 0.25) is 5.91 Å². The molecule has 0 fully saturated rings. The Labute approximate surface area is 200 Å². The van der Waals surface area contributed by atoms with Gasteiger partial charge in [0, 0.05) is 29.5 Å². The number of aromatic nitrogens is 1. The van der Waals surface area contributed by atoms with Crippen molar-refractivity contribution in [3.8, 4) is 17.2 Å². The van der Waals surface area contributed by atoms with E-state index in [0.29, 0.717) is 16.6 Å². The predicted molar refractivity (Wildman–Crippen MR) is 127 cm³/mol. The number of aliphatic hydroxyl groups excluding tert-OH is 1.